The fourth-order valence-electron chi connectivity index (χ4n) is 4.33. The second-order valence-corrected chi connectivity index (χ2v) is 7.93. The van der Waals surface area contributed by atoms with Crippen LogP contribution in [0.25, 0.3) is 32.7 Å². The van der Waals surface area contributed by atoms with E-state index >= 15 is 0 Å². The van der Waals surface area contributed by atoms with Gasteiger partial charge in [0.15, 0.2) is 22.7 Å². The zero-order chi connectivity index (χ0) is 23.9. The first-order valence-electron chi connectivity index (χ1n) is 10.1. The number of aromatic hydroxyl groups is 1. The van der Waals surface area contributed by atoms with Crippen molar-refractivity contribution in [3.63, 3.8) is 0 Å². The van der Waals surface area contributed by atoms with Crippen molar-refractivity contribution in [3.05, 3.63) is 33.0 Å². The molecule has 0 bridgehead atoms. The van der Waals surface area contributed by atoms with E-state index in [0.29, 0.717) is 0 Å². The molecule has 4 aromatic rings. The van der Waals surface area contributed by atoms with Crippen molar-refractivity contribution in [1.29, 1.82) is 0 Å². The van der Waals surface area contributed by atoms with Crippen molar-refractivity contribution in [2.75, 3.05) is 13.4 Å². The number of ether oxygens (including phenoxy) is 4. The van der Waals surface area contributed by atoms with E-state index in [4.69, 9.17) is 27.8 Å². The smallest absolute Gasteiger partial charge is 0.344 e. The number of phenols is 1. The van der Waals surface area contributed by atoms with Gasteiger partial charge in [-0.3, -0.25) is 0 Å². The molecule has 13 nitrogen and oxygen atoms in total. The summed E-state index contributed by atoms with van der Waals surface area (Å²) in [6, 6.07) is 2.47. The largest absolute Gasteiger partial charge is 0.502 e. The minimum Gasteiger partial charge on any atom is -0.502 e. The van der Waals surface area contributed by atoms with Crippen molar-refractivity contribution >= 4 is 32.7 Å². The van der Waals surface area contributed by atoms with Crippen LogP contribution in [-0.2, 0) is 4.74 Å². The summed E-state index contributed by atoms with van der Waals surface area (Å²) in [7, 11) is 0. The Bertz CT molecular complexity index is 1550. The third kappa shape index (κ3) is 2.72. The van der Waals surface area contributed by atoms with Crippen molar-refractivity contribution in [2.45, 2.75) is 30.7 Å². The maximum atomic E-state index is 12.8. The minimum atomic E-state index is -1.79. The first kappa shape index (κ1) is 20.9. The van der Waals surface area contributed by atoms with E-state index in [1.165, 1.54) is 6.07 Å². The number of phenolic OH excluding ortho intramolecular Hbond substituents is 1. The van der Waals surface area contributed by atoms with Crippen molar-refractivity contribution in [1.82, 2.24) is 0 Å². The highest BCUT2D eigenvalue weighted by atomic mass is 16.7. The minimum absolute atomic E-state index is 0.0301. The van der Waals surface area contributed by atoms with Crippen LogP contribution in [0.5, 0.6) is 23.0 Å². The van der Waals surface area contributed by atoms with Gasteiger partial charge in [0, 0.05) is 10.8 Å². The Hall–Kier alpha value is -3.62. The Kier molecular flexibility index (Phi) is 4.43. The molecule has 1 unspecified atom stereocenters. The first-order valence-corrected chi connectivity index (χ1v) is 10.1. The molecule has 2 aromatic carbocycles. The maximum Gasteiger partial charge on any atom is 0.344 e. The van der Waals surface area contributed by atoms with Crippen LogP contribution >= 0.6 is 0 Å². The second-order valence-electron chi connectivity index (χ2n) is 7.93. The average molecular weight is 476 g/mol. The Morgan fingerprint density at radius 2 is 1.59 bits per heavy atom. The molecule has 0 saturated carbocycles. The standard InChI is InChI=1S/C21H16O13/c22-3-9-12(23)14(25)15(26)21(32-9)31-7-1-5-10-11-6(19(27)33-17(10)13(7)24)2-8-16(30-4-29-8)18(11)34-20(5)28/h1-2,9,12,14-15,21-26H,3-4H2/t9-,12-,14+,15-,21?/m1/s1. The van der Waals surface area contributed by atoms with Gasteiger partial charge in [-0.1, -0.05) is 0 Å². The predicted octanol–water partition coefficient (Wildman–Crippen LogP) is -0.897. The van der Waals surface area contributed by atoms with Crippen LogP contribution in [0.2, 0.25) is 0 Å². The number of hydrogen-bond donors (Lipinski definition) is 5. The van der Waals surface area contributed by atoms with Gasteiger partial charge in [-0.05, 0) is 12.1 Å². The molecule has 1 saturated heterocycles. The van der Waals surface area contributed by atoms with Crippen LogP contribution in [0.1, 0.15) is 0 Å². The number of fused-ring (bicyclic) bond motifs is 2. The molecule has 4 heterocycles. The molecule has 13 heteroatoms. The number of benzene rings is 2. The lowest BCUT2D eigenvalue weighted by molar-refractivity contribution is -0.277. The highest BCUT2D eigenvalue weighted by Gasteiger charge is 2.45. The monoisotopic (exact) mass is 476 g/mol. The Labute approximate surface area is 186 Å². The molecule has 2 aliphatic rings. The normalized spacial score (nSPS) is 26.6. The molecule has 5 N–H and O–H groups in total. The van der Waals surface area contributed by atoms with E-state index < -0.39 is 65.6 Å². The molecule has 0 radical (unpaired) electrons. The predicted molar refractivity (Wildman–Crippen MR) is 109 cm³/mol. The lowest BCUT2D eigenvalue weighted by Crippen LogP contribution is -2.60. The van der Waals surface area contributed by atoms with E-state index in [9.17, 15) is 35.1 Å². The fraction of sp³-hybridized carbons (Fsp3) is 0.333. The fourth-order valence-corrected chi connectivity index (χ4v) is 4.33. The summed E-state index contributed by atoms with van der Waals surface area (Å²) < 4.78 is 32.1. The van der Waals surface area contributed by atoms with Crippen LogP contribution in [-0.4, -0.2) is 69.6 Å². The van der Waals surface area contributed by atoms with E-state index in [1.54, 1.807) is 0 Å². The summed E-state index contributed by atoms with van der Waals surface area (Å²) in [5.74, 6) is -0.833. The van der Waals surface area contributed by atoms with E-state index in [2.05, 4.69) is 0 Å². The average Bonchev–Trinajstić information content (AvgIpc) is 3.30. The first-order chi connectivity index (χ1) is 16.3. The van der Waals surface area contributed by atoms with Crippen molar-refractivity contribution in [3.8, 4) is 23.0 Å². The van der Waals surface area contributed by atoms with Gasteiger partial charge in [-0.25, -0.2) is 9.59 Å². The summed E-state index contributed by atoms with van der Waals surface area (Å²) in [6.07, 6.45) is -8.09. The van der Waals surface area contributed by atoms with Gasteiger partial charge in [0.1, 0.15) is 24.4 Å². The van der Waals surface area contributed by atoms with Crippen molar-refractivity contribution in [2.24, 2.45) is 0 Å². The van der Waals surface area contributed by atoms with Crippen molar-refractivity contribution < 1.29 is 53.3 Å². The second kappa shape index (κ2) is 7.19. The summed E-state index contributed by atoms with van der Waals surface area (Å²) in [5, 5.41) is 50.5. The molecule has 178 valence electrons. The zero-order valence-electron chi connectivity index (χ0n) is 17.0. The summed E-state index contributed by atoms with van der Waals surface area (Å²) in [5.41, 5.74) is -2.20. The summed E-state index contributed by atoms with van der Waals surface area (Å²) >= 11 is 0. The topological polar surface area (TPSA) is 198 Å². The third-order valence-corrected chi connectivity index (χ3v) is 6.01. The van der Waals surface area contributed by atoms with Gasteiger partial charge in [0.25, 0.3) is 0 Å². The third-order valence-electron chi connectivity index (χ3n) is 6.01. The number of aliphatic hydroxyl groups excluding tert-OH is 4. The number of rotatable bonds is 3. The lowest BCUT2D eigenvalue weighted by Gasteiger charge is -2.39. The number of aliphatic hydroxyl groups is 4. The van der Waals surface area contributed by atoms with Gasteiger partial charge in [0.2, 0.25) is 24.6 Å². The zero-order valence-corrected chi connectivity index (χ0v) is 17.0. The Balaban J connectivity index is 1.57. The summed E-state index contributed by atoms with van der Waals surface area (Å²) in [4.78, 5) is 25.6. The lowest BCUT2D eigenvalue weighted by atomic mass is 9.99. The maximum absolute atomic E-state index is 12.8. The molecular weight excluding hydrogens is 460 g/mol. The van der Waals surface area contributed by atoms with Gasteiger partial charge in [0.05, 0.1) is 17.4 Å². The van der Waals surface area contributed by atoms with E-state index in [0.717, 1.165) is 6.07 Å². The molecule has 0 aliphatic carbocycles. The van der Waals surface area contributed by atoms with Crippen LogP contribution < -0.4 is 25.5 Å². The quantitative estimate of drug-likeness (QED) is 0.180. The Morgan fingerprint density at radius 3 is 2.32 bits per heavy atom. The highest BCUT2D eigenvalue weighted by molar-refractivity contribution is 6.22. The molecular formula is C21H16O13. The summed E-state index contributed by atoms with van der Waals surface area (Å²) in [6.45, 7) is -0.847. The van der Waals surface area contributed by atoms with Gasteiger partial charge >= 0.3 is 11.3 Å². The van der Waals surface area contributed by atoms with Crippen LogP contribution in [0.15, 0.2) is 30.6 Å². The van der Waals surface area contributed by atoms with E-state index in [-0.39, 0.29) is 45.4 Å². The van der Waals surface area contributed by atoms with Gasteiger partial charge in [-0.2, -0.15) is 0 Å². The molecule has 0 spiro atoms. The molecule has 34 heavy (non-hydrogen) atoms. The molecule has 6 rings (SSSR count). The molecule has 5 atom stereocenters. The van der Waals surface area contributed by atoms with Crippen LogP contribution in [0, 0.1) is 0 Å². The molecule has 2 aromatic heterocycles. The molecule has 0 amide bonds. The highest BCUT2D eigenvalue weighted by Crippen LogP contribution is 2.47. The van der Waals surface area contributed by atoms with Crippen LogP contribution in [0.3, 0.4) is 0 Å². The van der Waals surface area contributed by atoms with Gasteiger partial charge < -0.3 is 53.3 Å². The molecule has 2 aliphatic heterocycles. The SMILES string of the molecule is O=c1oc2c3c(cc4c(=O)oc5c(O)c(OC6O[C@H](CO)[C@@H](O)[C@H](O)[C@H]6O)cc1c5c24)OCO3. The van der Waals surface area contributed by atoms with Crippen LogP contribution in [0.4, 0.5) is 0 Å². The Morgan fingerprint density at radius 1 is 0.912 bits per heavy atom. The van der Waals surface area contributed by atoms with Gasteiger partial charge in [-0.15, -0.1) is 0 Å². The van der Waals surface area contributed by atoms with E-state index in [1.807, 2.05) is 0 Å². The molecule has 1 fully saturated rings. The number of hydrogen-bond acceptors (Lipinski definition) is 13.